The van der Waals surface area contributed by atoms with Crippen molar-refractivity contribution in [2.75, 3.05) is 26.8 Å². The molecule has 1 aromatic carbocycles. The first-order chi connectivity index (χ1) is 10.2. The van der Waals surface area contributed by atoms with Crippen LogP contribution in [0.4, 0.5) is 0 Å². The monoisotopic (exact) mass is 288 g/mol. The van der Waals surface area contributed by atoms with Gasteiger partial charge in [-0.15, -0.1) is 0 Å². The summed E-state index contributed by atoms with van der Waals surface area (Å²) in [5.41, 5.74) is 1.54. The third kappa shape index (κ3) is 2.50. The zero-order chi connectivity index (χ0) is 14.8. The predicted octanol–water partition coefficient (Wildman–Crippen LogP) is 1.18. The van der Waals surface area contributed by atoms with Crippen LogP contribution >= 0.6 is 0 Å². The third-order valence-corrected chi connectivity index (χ3v) is 3.64. The number of carbonyl (C=O) groups excluding carboxylic acids is 2. The highest BCUT2D eigenvalue weighted by atomic mass is 16.6. The fourth-order valence-electron chi connectivity index (χ4n) is 2.55. The fraction of sp³-hybridized carbons (Fsp3) is 0.333. The summed E-state index contributed by atoms with van der Waals surface area (Å²) < 4.78 is 10.0. The lowest BCUT2D eigenvalue weighted by Crippen LogP contribution is -2.48. The summed E-state index contributed by atoms with van der Waals surface area (Å²) in [6.45, 7) is 1.01. The summed E-state index contributed by atoms with van der Waals surface area (Å²) in [5.74, 6) is -0.551. The van der Waals surface area contributed by atoms with Crippen LogP contribution in [0.2, 0.25) is 0 Å². The van der Waals surface area contributed by atoms with Crippen molar-refractivity contribution in [3.8, 4) is 0 Å². The molecule has 2 heterocycles. The number of methoxy groups -OCH3 is 1. The first-order valence-electron chi connectivity index (χ1n) is 6.75. The molecule has 6 heteroatoms. The maximum absolute atomic E-state index is 12.7. The molecule has 1 atom stereocenters. The lowest BCUT2D eigenvalue weighted by atomic mass is 10.1. The van der Waals surface area contributed by atoms with Gasteiger partial charge in [-0.05, 0) is 18.2 Å². The molecule has 1 aromatic heterocycles. The first-order valence-corrected chi connectivity index (χ1v) is 6.75. The number of rotatable bonds is 2. The molecule has 1 aliphatic heterocycles. The van der Waals surface area contributed by atoms with Crippen LogP contribution in [0.25, 0.3) is 10.9 Å². The molecule has 21 heavy (non-hydrogen) atoms. The average molecular weight is 288 g/mol. The second-order valence-corrected chi connectivity index (χ2v) is 4.88. The van der Waals surface area contributed by atoms with Crippen molar-refractivity contribution in [1.29, 1.82) is 0 Å². The largest absolute Gasteiger partial charge is 0.467 e. The highest BCUT2D eigenvalue weighted by Crippen LogP contribution is 2.20. The molecule has 6 nitrogen and oxygen atoms in total. The van der Waals surface area contributed by atoms with Crippen LogP contribution in [-0.4, -0.2) is 54.7 Å². The second-order valence-electron chi connectivity index (χ2n) is 4.88. The topological polar surface area (TPSA) is 71.6 Å². The van der Waals surface area contributed by atoms with Gasteiger partial charge in [0.15, 0.2) is 6.10 Å². The summed E-state index contributed by atoms with van der Waals surface area (Å²) in [6, 6.07) is 7.43. The highest BCUT2D eigenvalue weighted by Gasteiger charge is 2.30. The zero-order valence-corrected chi connectivity index (χ0v) is 11.7. The molecular weight excluding hydrogens is 272 g/mol. The Balaban J connectivity index is 1.84. The van der Waals surface area contributed by atoms with E-state index in [0.29, 0.717) is 18.7 Å². The van der Waals surface area contributed by atoms with E-state index in [-0.39, 0.29) is 12.5 Å². The molecule has 1 unspecified atom stereocenters. The van der Waals surface area contributed by atoms with Gasteiger partial charge < -0.3 is 19.4 Å². The van der Waals surface area contributed by atoms with Crippen LogP contribution < -0.4 is 0 Å². The van der Waals surface area contributed by atoms with E-state index in [2.05, 4.69) is 9.72 Å². The maximum atomic E-state index is 12.7. The Bertz CT molecular complexity index is 679. The van der Waals surface area contributed by atoms with Gasteiger partial charge in [0.05, 0.1) is 20.3 Å². The number of fused-ring (bicyclic) bond motifs is 1. The molecule has 0 saturated carbocycles. The van der Waals surface area contributed by atoms with Crippen molar-refractivity contribution in [1.82, 2.24) is 9.88 Å². The number of ether oxygens (including phenoxy) is 2. The van der Waals surface area contributed by atoms with E-state index in [1.165, 1.54) is 7.11 Å². The van der Waals surface area contributed by atoms with Crippen LogP contribution in [0.15, 0.2) is 30.5 Å². The van der Waals surface area contributed by atoms with E-state index in [0.717, 1.165) is 10.9 Å². The fourth-order valence-corrected chi connectivity index (χ4v) is 2.55. The van der Waals surface area contributed by atoms with Crippen LogP contribution in [0.5, 0.6) is 0 Å². The number of benzene rings is 1. The van der Waals surface area contributed by atoms with Crippen molar-refractivity contribution in [2.24, 2.45) is 0 Å². The van der Waals surface area contributed by atoms with Crippen LogP contribution in [0, 0.1) is 0 Å². The van der Waals surface area contributed by atoms with Gasteiger partial charge in [-0.2, -0.15) is 0 Å². The van der Waals surface area contributed by atoms with Crippen molar-refractivity contribution < 1.29 is 19.1 Å². The van der Waals surface area contributed by atoms with E-state index in [1.54, 1.807) is 17.2 Å². The number of H-pyrrole nitrogens is 1. The maximum Gasteiger partial charge on any atom is 0.336 e. The molecule has 0 bridgehead atoms. The zero-order valence-electron chi connectivity index (χ0n) is 11.7. The van der Waals surface area contributed by atoms with E-state index in [9.17, 15) is 9.59 Å². The minimum absolute atomic E-state index is 0.0996. The summed E-state index contributed by atoms with van der Waals surface area (Å²) in [7, 11) is 1.31. The van der Waals surface area contributed by atoms with Gasteiger partial charge in [-0.25, -0.2) is 4.79 Å². The summed E-state index contributed by atoms with van der Waals surface area (Å²) >= 11 is 0. The molecule has 0 aliphatic carbocycles. The van der Waals surface area contributed by atoms with E-state index in [1.807, 2.05) is 18.2 Å². The average Bonchev–Trinajstić information content (AvgIpc) is 3.02. The molecule has 1 fully saturated rings. The Kier molecular flexibility index (Phi) is 3.62. The van der Waals surface area contributed by atoms with Gasteiger partial charge in [0.2, 0.25) is 0 Å². The van der Waals surface area contributed by atoms with Crippen molar-refractivity contribution in [3.63, 3.8) is 0 Å². The number of nitrogens with zero attached hydrogens (tertiary/aromatic N) is 1. The SMILES string of the molecule is COC(=O)C1CN(C(=O)c2cccc3[nH]ccc23)CCO1. The normalized spacial score (nSPS) is 18.7. The molecule has 1 amide bonds. The number of nitrogens with one attached hydrogen (secondary N) is 1. The minimum Gasteiger partial charge on any atom is -0.467 e. The van der Waals surface area contributed by atoms with Gasteiger partial charge in [-0.1, -0.05) is 6.07 Å². The lowest BCUT2D eigenvalue weighted by molar-refractivity contribution is -0.158. The van der Waals surface area contributed by atoms with Gasteiger partial charge >= 0.3 is 5.97 Å². The molecule has 1 saturated heterocycles. The van der Waals surface area contributed by atoms with Crippen molar-refractivity contribution in [2.45, 2.75) is 6.10 Å². The van der Waals surface area contributed by atoms with Crippen LogP contribution in [-0.2, 0) is 14.3 Å². The first kappa shape index (κ1) is 13.6. The van der Waals surface area contributed by atoms with E-state index >= 15 is 0 Å². The molecule has 0 radical (unpaired) electrons. The summed E-state index contributed by atoms with van der Waals surface area (Å²) in [4.78, 5) is 28.9. The Labute approximate surface area is 121 Å². The summed E-state index contributed by atoms with van der Waals surface area (Å²) in [6.07, 6.45) is 1.09. The summed E-state index contributed by atoms with van der Waals surface area (Å²) in [5, 5.41) is 0.878. The Hall–Kier alpha value is -2.34. The number of hydrogen-bond donors (Lipinski definition) is 1. The number of aromatic amines is 1. The van der Waals surface area contributed by atoms with Crippen LogP contribution in [0.3, 0.4) is 0 Å². The molecular formula is C15H16N2O4. The molecule has 1 N–H and O–H groups in total. The standard InChI is InChI=1S/C15H16N2O4/c1-20-15(19)13-9-17(7-8-21-13)14(18)11-3-2-4-12-10(11)5-6-16-12/h2-6,13,16H,7-9H2,1H3. The number of esters is 1. The van der Waals surface area contributed by atoms with Gasteiger partial charge in [0.1, 0.15) is 0 Å². The smallest absolute Gasteiger partial charge is 0.336 e. The predicted molar refractivity (Wildman–Crippen MR) is 76.0 cm³/mol. The Morgan fingerprint density at radius 3 is 3.05 bits per heavy atom. The lowest BCUT2D eigenvalue weighted by Gasteiger charge is -2.31. The quantitative estimate of drug-likeness (QED) is 0.842. The van der Waals surface area contributed by atoms with E-state index in [4.69, 9.17) is 4.74 Å². The highest BCUT2D eigenvalue weighted by molar-refractivity contribution is 6.06. The van der Waals surface area contributed by atoms with Crippen LogP contribution in [0.1, 0.15) is 10.4 Å². The minimum atomic E-state index is -0.710. The molecule has 1 aliphatic rings. The Morgan fingerprint density at radius 2 is 2.24 bits per heavy atom. The van der Waals surface area contributed by atoms with E-state index < -0.39 is 12.1 Å². The van der Waals surface area contributed by atoms with Crippen molar-refractivity contribution >= 4 is 22.8 Å². The molecule has 110 valence electrons. The Morgan fingerprint density at radius 1 is 1.38 bits per heavy atom. The number of amides is 1. The number of carbonyl (C=O) groups is 2. The number of hydrogen-bond acceptors (Lipinski definition) is 4. The second kappa shape index (κ2) is 5.57. The number of aromatic nitrogens is 1. The van der Waals surface area contributed by atoms with Crippen molar-refractivity contribution in [3.05, 3.63) is 36.0 Å². The molecule has 2 aromatic rings. The van der Waals surface area contributed by atoms with Gasteiger partial charge in [-0.3, -0.25) is 4.79 Å². The van der Waals surface area contributed by atoms with Gasteiger partial charge in [0.25, 0.3) is 5.91 Å². The third-order valence-electron chi connectivity index (χ3n) is 3.64. The molecule has 0 spiro atoms. The number of morpholine rings is 1. The van der Waals surface area contributed by atoms with Gasteiger partial charge in [0, 0.05) is 29.2 Å². The molecule has 3 rings (SSSR count).